The molecule has 0 atom stereocenters. The van der Waals surface area contributed by atoms with Crippen LogP contribution < -0.4 is 9.47 Å². The van der Waals surface area contributed by atoms with Crippen molar-refractivity contribution in [3.05, 3.63) is 78.7 Å². The van der Waals surface area contributed by atoms with Crippen LogP contribution in [0.4, 0.5) is 0 Å². The first kappa shape index (κ1) is 17.6. The third-order valence-corrected chi connectivity index (χ3v) is 4.12. The largest absolute Gasteiger partial charge is 0.487 e. The maximum atomic E-state index is 11.3. The fraction of sp³-hybridized carbons (Fsp3) is 0.0909. The Morgan fingerprint density at radius 3 is 2.75 bits per heavy atom. The highest BCUT2D eigenvalue weighted by atomic mass is 16.6. The van der Waals surface area contributed by atoms with E-state index in [0.29, 0.717) is 23.0 Å². The first-order valence-corrected chi connectivity index (χ1v) is 8.65. The number of ether oxygens (including phenoxy) is 2. The Kier molecular flexibility index (Phi) is 4.68. The molecule has 28 heavy (non-hydrogen) atoms. The number of hydrogen-bond acceptors (Lipinski definition) is 6. The lowest BCUT2D eigenvalue weighted by Crippen LogP contribution is -2.01. The van der Waals surface area contributed by atoms with Crippen LogP contribution in [-0.4, -0.2) is 11.0 Å². The van der Waals surface area contributed by atoms with Gasteiger partial charge < -0.3 is 18.3 Å². The normalized spacial score (nSPS) is 10.8. The Balaban J connectivity index is 1.49. The number of aromatic nitrogens is 1. The van der Waals surface area contributed by atoms with E-state index in [4.69, 9.17) is 18.3 Å². The van der Waals surface area contributed by atoms with Crippen molar-refractivity contribution in [3.8, 4) is 23.1 Å². The molecule has 2 heterocycles. The summed E-state index contributed by atoms with van der Waals surface area (Å²) in [7, 11) is 0. The van der Waals surface area contributed by atoms with Crippen molar-refractivity contribution in [1.29, 1.82) is 0 Å². The highest BCUT2D eigenvalue weighted by molar-refractivity contribution is 5.85. The van der Waals surface area contributed by atoms with Gasteiger partial charge in [0, 0.05) is 23.1 Å². The van der Waals surface area contributed by atoms with Crippen LogP contribution in [0.3, 0.4) is 0 Å². The van der Waals surface area contributed by atoms with Gasteiger partial charge in [-0.15, -0.1) is 0 Å². The van der Waals surface area contributed by atoms with E-state index in [1.807, 2.05) is 37.3 Å². The summed E-state index contributed by atoms with van der Waals surface area (Å²) < 4.78 is 22.0. The minimum absolute atomic E-state index is 0.108. The number of furan rings is 1. The van der Waals surface area contributed by atoms with Crippen LogP contribution in [0.25, 0.3) is 22.4 Å². The van der Waals surface area contributed by atoms with E-state index in [9.17, 15) is 4.79 Å². The van der Waals surface area contributed by atoms with E-state index in [-0.39, 0.29) is 12.6 Å². The molecule has 0 radical (unpaired) electrons. The number of benzene rings is 2. The van der Waals surface area contributed by atoms with Gasteiger partial charge in [-0.1, -0.05) is 24.8 Å². The summed E-state index contributed by atoms with van der Waals surface area (Å²) in [5.74, 6) is 1.44. The van der Waals surface area contributed by atoms with Gasteiger partial charge in [0.05, 0.1) is 0 Å². The molecule has 0 aliphatic heterocycles. The molecule has 0 N–H and O–H groups in total. The van der Waals surface area contributed by atoms with E-state index in [0.717, 1.165) is 22.7 Å². The molecule has 4 aromatic rings. The quantitative estimate of drug-likeness (QED) is 0.346. The van der Waals surface area contributed by atoms with E-state index in [1.54, 1.807) is 24.3 Å². The van der Waals surface area contributed by atoms with Crippen molar-refractivity contribution in [2.75, 3.05) is 0 Å². The second-order valence-corrected chi connectivity index (χ2v) is 6.07. The Bertz CT molecular complexity index is 1140. The van der Waals surface area contributed by atoms with Crippen molar-refractivity contribution in [2.45, 2.75) is 13.5 Å². The van der Waals surface area contributed by atoms with Crippen molar-refractivity contribution in [1.82, 2.24) is 4.98 Å². The zero-order valence-electron chi connectivity index (χ0n) is 15.2. The molecule has 0 bridgehead atoms. The Morgan fingerprint density at radius 2 is 1.96 bits per heavy atom. The smallest absolute Gasteiger partial charge is 0.337 e. The summed E-state index contributed by atoms with van der Waals surface area (Å²) in [4.78, 5) is 15.8. The topological polar surface area (TPSA) is 74.7 Å². The number of carbonyl (C=O) groups is 1. The van der Waals surface area contributed by atoms with Gasteiger partial charge >= 0.3 is 5.97 Å². The number of oxazole rings is 1. The maximum Gasteiger partial charge on any atom is 0.337 e. The van der Waals surface area contributed by atoms with Crippen LogP contribution >= 0.6 is 0 Å². The molecule has 4 rings (SSSR count). The van der Waals surface area contributed by atoms with Gasteiger partial charge in [0.1, 0.15) is 29.4 Å². The Morgan fingerprint density at radius 1 is 1.14 bits per heavy atom. The summed E-state index contributed by atoms with van der Waals surface area (Å²) in [6.45, 7) is 5.48. The predicted molar refractivity (Wildman–Crippen MR) is 103 cm³/mol. The van der Waals surface area contributed by atoms with Crippen molar-refractivity contribution in [2.24, 2.45) is 0 Å². The number of fused-ring (bicyclic) bond motifs is 1. The van der Waals surface area contributed by atoms with E-state index in [2.05, 4.69) is 11.6 Å². The summed E-state index contributed by atoms with van der Waals surface area (Å²) in [5, 5.41) is 0.756. The van der Waals surface area contributed by atoms with E-state index < -0.39 is 5.97 Å². The summed E-state index contributed by atoms with van der Waals surface area (Å²) in [6, 6.07) is 16.7. The zero-order valence-corrected chi connectivity index (χ0v) is 15.2. The lowest BCUT2D eigenvalue weighted by Gasteiger charge is -2.04. The van der Waals surface area contributed by atoms with Gasteiger partial charge in [0.2, 0.25) is 5.89 Å². The molecule has 2 aromatic heterocycles. The number of aryl methyl sites for hydroxylation is 1. The Labute approximate surface area is 161 Å². The molecule has 6 heteroatoms. The number of nitrogens with zero attached hydrogens (tertiary/aromatic N) is 1. The van der Waals surface area contributed by atoms with Crippen LogP contribution in [0.2, 0.25) is 0 Å². The SMILES string of the molecule is C=CC(=O)Oc1cc2cc(OCc3nc(-c4ccccc4)oc3C)ccc2o1. The highest BCUT2D eigenvalue weighted by Crippen LogP contribution is 2.29. The minimum atomic E-state index is -0.578. The van der Waals surface area contributed by atoms with Gasteiger partial charge in [-0.3, -0.25) is 0 Å². The lowest BCUT2D eigenvalue weighted by atomic mass is 10.2. The fourth-order valence-corrected chi connectivity index (χ4v) is 2.70. The van der Waals surface area contributed by atoms with Crippen LogP contribution in [-0.2, 0) is 11.4 Å². The van der Waals surface area contributed by atoms with Crippen LogP contribution in [0.1, 0.15) is 11.5 Å². The van der Waals surface area contributed by atoms with Crippen molar-refractivity contribution in [3.63, 3.8) is 0 Å². The molecular formula is C22H17NO5. The van der Waals surface area contributed by atoms with Crippen LogP contribution in [0.15, 0.2) is 76.1 Å². The second-order valence-electron chi connectivity index (χ2n) is 6.07. The van der Waals surface area contributed by atoms with E-state index >= 15 is 0 Å². The third-order valence-electron chi connectivity index (χ3n) is 4.12. The average molecular weight is 375 g/mol. The van der Waals surface area contributed by atoms with Gasteiger partial charge in [-0.05, 0) is 37.3 Å². The van der Waals surface area contributed by atoms with Crippen LogP contribution in [0.5, 0.6) is 11.7 Å². The number of rotatable bonds is 6. The maximum absolute atomic E-state index is 11.3. The first-order valence-electron chi connectivity index (χ1n) is 8.65. The molecule has 0 fully saturated rings. The molecular weight excluding hydrogens is 358 g/mol. The molecule has 0 amide bonds. The monoisotopic (exact) mass is 375 g/mol. The number of carbonyl (C=O) groups excluding carboxylic acids is 1. The molecule has 140 valence electrons. The zero-order chi connectivity index (χ0) is 19.5. The summed E-state index contributed by atoms with van der Waals surface area (Å²) >= 11 is 0. The van der Waals surface area contributed by atoms with Crippen LogP contribution in [0, 0.1) is 6.92 Å². The molecule has 0 unspecified atom stereocenters. The highest BCUT2D eigenvalue weighted by Gasteiger charge is 2.13. The van der Waals surface area contributed by atoms with E-state index in [1.165, 1.54) is 0 Å². The molecule has 0 aliphatic rings. The van der Waals surface area contributed by atoms with Gasteiger partial charge in [0.25, 0.3) is 5.95 Å². The first-order chi connectivity index (χ1) is 13.6. The third kappa shape index (κ3) is 3.66. The standard InChI is InChI=1S/C22H17NO5/c1-3-20(24)28-21-12-16-11-17(9-10-19(16)27-21)25-13-18-14(2)26-22(23-18)15-7-5-4-6-8-15/h3-12H,1,13H2,2H3. The van der Waals surface area contributed by atoms with Gasteiger partial charge in [-0.25, -0.2) is 9.78 Å². The molecule has 0 saturated heterocycles. The number of hydrogen-bond donors (Lipinski definition) is 0. The van der Waals surface area contributed by atoms with Crippen molar-refractivity contribution >= 4 is 16.9 Å². The Hall–Kier alpha value is -3.80. The molecule has 2 aromatic carbocycles. The fourth-order valence-electron chi connectivity index (χ4n) is 2.70. The second kappa shape index (κ2) is 7.44. The average Bonchev–Trinajstić information content (AvgIpc) is 3.29. The molecule has 6 nitrogen and oxygen atoms in total. The number of esters is 1. The van der Waals surface area contributed by atoms with Gasteiger partial charge in [0.15, 0.2) is 0 Å². The molecule has 0 spiro atoms. The lowest BCUT2D eigenvalue weighted by molar-refractivity contribution is -0.130. The molecule has 0 saturated carbocycles. The summed E-state index contributed by atoms with van der Waals surface area (Å²) in [6.07, 6.45) is 1.08. The summed E-state index contributed by atoms with van der Waals surface area (Å²) in [5.41, 5.74) is 2.23. The minimum Gasteiger partial charge on any atom is -0.487 e. The van der Waals surface area contributed by atoms with Gasteiger partial charge in [-0.2, -0.15) is 0 Å². The molecule has 0 aliphatic carbocycles. The predicted octanol–water partition coefficient (Wildman–Crippen LogP) is 5.07. The van der Waals surface area contributed by atoms with Crippen molar-refractivity contribution < 1.29 is 23.1 Å².